The van der Waals surface area contributed by atoms with Crippen LogP contribution in [0.3, 0.4) is 0 Å². The quantitative estimate of drug-likeness (QED) is 0.0597. The molecule has 56 heavy (non-hydrogen) atoms. The number of anilines is 2. The van der Waals surface area contributed by atoms with E-state index in [-0.39, 0.29) is 117 Å². The fraction of sp³-hybridized carbons (Fsp3) is 0. The Bertz CT molecular complexity index is 2970. The number of fused-ring (bicyclic) bond motifs is 2. The SMILES string of the molecule is O=C([O-])c1ccc(Nc2nc(Cl)[nH]c(=Nc3cc(S(=O)(=O)[O-])cc4cc(S(=O)(=O)O)c(N=Nc5ccc6ccccc6c5S(=O)(=O)O)c([O-])c34)n2)cc1.[Na+].[Na+].[Na+]. The van der Waals surface area contributed by atoms with Crippen LogP contribution in [-0.4, -0.2) is 59.8 Å². The van der Waals surface area contributed by atoms with Gasteiger partial charge in [0.2, 0.25) is 16.9 Å². The first kappa shape index (κ1) is 47.5. The molecule has 0 aliphatic heterocycles. The van der Waals surface area contributed by atoms with Gasteiger partial charge in [0.15, 0.2) is 0 Å². The van der Waals surface area contributed by atoms with Gasteiger partial charge in [0.25, 0.3) is 20.2 Å². The van der Waals surface area contributed by atoms with Gasteiger partial charge in [-0.2, -0.15) is 26.8 Å². The van der Waals surface area contributed by atoms with Crippen LogP contribution < -0.4 is 110 Å². The van der Waals surface area contributed by atoms with Gasteiger partial charge in [0.05, 0.1) is 22.2 Å². The molecule has 26 heteroatoms. The summed E-state index contributed by atoms with van der Waals surface area (Å²) in [6, 6.07) is 15.5. The van der Waals surface area contributed by atoms with Gasteiger partial charge in [-0.25, -0.2) is 13.4 Å². The molecule has 0 saturated carbocycles. The molecule has 0 saturated heterocycles. The Kier molecular flexibility index (Phi) is 15.6. The number of carboxylic acids is 1. The second-order valence-electron chi connectivity index (χ2n) is 10.7. The summed E-state index contributed by atoms with van der Waals surface area (Å²) in [6.45, 7) is 0. The number of aromatic carboxylic acids is 1. The number of nitrogens with zero attached hydrogens (tertiary/aromatic N) is 5. The third kappa shape index (κ3) is 10.6. The summed E-state index contributed by atoms with van der Waals surface area (Å²) in [6.07, 6.45) is 0. The van der Waals surface area contributed by atoms with Crippen molar-refractivity contribution in [3.8, 4) is 5.75 Å². The van der Waals surface area contributed by atoms with E-state index in [0.717, 1.165) is 6.07 Å². The molecule has 0 unspecified atom stereocenters. The Morgan fingerprint density at radius 2 is 1.46 bits per heavy atom. The minimum Gasteiger partial charge on any atom is -0.870 e. The standard InChI is InChI=1S/C30H20ClN7O12S3.3Na/c31-28-34-29(32-17-8-5-15(6-9-17)27(40)41)36-30(35-28)33-21-13-18(51(42,43)44)11-16-12-22(52(45,46)47)24(25(39)23(16)21)38-37-20-10-7-14-3-1-2-4-19(14)26(20)53(48,49)50;;;/h1-13,39H,(H,40,41)(H,42,43,44)(H,45,46,47)(H,48,49,50)(H2,32,33,34,35,36);;;/q;3*+1/p-3. The zero-order valence-corrected chi connectivity index (χ0v) is 38.0. The van der Waals surface area contributed by atoms with Crippen molar-refractivity contribution in [2.75, 3.05) is 5.32 Å². The second kappa shape index (κ2) is 18.4. The molecule has 0 amide bonds. The van der Waals surface area contributed by atoms with E-state index < -0.39 is 90.2 Å². The monoisotopic (exact) mass is 867 g/mol. The van der Waals surface area contributed by atoms with Crippen molar-refractivity contribution < 1.29 is 143 Å². The van der Waals surface area contributed by atoms with Gasteiger partial charge in [0.1, 0.15) is 25.6 Å². The normalized spacial score (nSPS) is 12.2. The molecule has 0 atom stereocenters. The van der Waals surface area contributed by atoms with Crippen molar-refractivity contribution in [2.45, 2.75) is 14.7 Å². The van der Waals surface area contributed by atoms with Crippen LogP contribution in [0.5, 0.6) is 5.75 Å². The Hall–Kier alpha value is -2.88. The Morgan fingerprint density at radius 1 is 0.804 bits per heavy atom. The summed E-state index contributed by atoms with van der Waals surface area (Å²) in [7, 11) is -15.7. The maximum atomic E-state index is 14.0. The smallest absolute Gasteiger partial charge is 0.870 e. The number of carbonyl (C=O) groups is 1. The average Bonchev–Trinajstić information content (AvgIpc) is 3.06. The number of benzene rings is 5. The van der Waals surface area contributed by atoms with E-state index in [1.54, 1.807) is 6.07 Å². The van der Waals surface area contributed by atoms with Crippen LogP contribution in [0.1, 0.15) is 10.4 Å². The van der Waals surface area contributed by atoms with Crippen molar-refractivity contribution in [1.82, 2.24) is 15.0 Å². The molecule has 5 aromatic carbocycles. The Balaban J connectivity index is 0.00000280. The first-order valence-corrected chi connectivity index (χ1v) is 18.9. The first-order valence-electron chi connectivity index (χ1n) is 14.2. The molecule has 19 nitrogen and oxygen atoms in total. The first-order chi connectivity index (χ1) is 24.8. The zero-order valence-electron chi connectivity index (χ0n) is 28.8. The number of rotatable bonds is 9. The van der Waals surface area contributed by atoms with Crippen LogP contribution in [0, 0.1) is 0 Å². The van der Waals surface area contributed by atoms with Gasteiger partial charge in [-0.1, -0.05) is 48.2 Å². The molecule has 0 radical (unpaired) electrons. The fourth-order valence-electron chi connectivity index (χ4n) is 5.04. The summed E-state index contributed by atoms with van der Waals surface area (Å²) in [5.41, 5.74) is -2.57. The summed E-state index contributed by atoms with van der Waals surface area (Å²) >= 11 is 6.10. The molecule has 1 aromatic heterocycles. The molecule has 0 aliphatic carbocycles. The summed E-state index contributed by atoms with van der Waals surface area (Å²) < 4.78 is 106. The summed E-state index contributed by atoms with van der Waals surface area (Å²) in [5, 5.41) is 34.1. The van der Waals surface area contributed by atoms with Crippen molar-refractivity contribution in [2.24, 2.45) is 15.2 Å². The number of H-pyrrole nitrogens is 1. The van der Waals surface area contributed by atoms with Crippen LogP contribution in [0.4, 0.5) is 28.7 Å². The maximum Gasteiger partial charge on any atom is 1.00 e. The van der Waals surface area contributed by atoms with E-state index in [2.05, 4.69) is 35.5 Å². The predicted octanol–water partition coefficient (Wildman–Crippen LogP) is -6.00. The average molecular weight is 868 g/mol. The number of carboxylic acid groups (broad SMARTS) is 1. The Morgan fingerprint density at radius 3 is 2.07 bits per heavy atom. The van der Waals surface area contributed by atoms with Crippen molar-refractivity contribution in [3.63, 3.8) is 0 Å². The molecular weight excluding hydrogens is 851 g/mol. The second-order valence-corrected chi connectivity index (χ2v) is 15.2. The topological polar surface area (TPSA) is 320 Å². The molecule has 4 N–H and O–H groups in total. The largest absolute Gasteiger partial charge is 1.00 e. The minimum atomic E-state index is -5.36. The number of aromatic nitrogens is 3. The van der Waals surface area contributed by atoms with Gasteiger partial charge >= 0.3 is 88.7 Å². The molecule has 6 aromatic rings. The molecule has 0 aliphatic rings. The van der Waals surface area contributed by atoms with E-state index in [1.165, 1.54) is 48.5 Å². The van der Waals surface area contributed by atoms with Crippen molar-refractivity contribution >= 4 is 98.2 Å². The van der Waals surface area contributed by atoms with E-state index >= 15 is 0 Å². The molecule has 272 valence electrons. The number of azo groups is 1. The van der Waals surface area contributed by atoms with Crippen LogP contribution in [-0.2, 0) is 30.4 Å². The number of nitrogens with one attached hydrogen (secondary N) is 2. The Labute approximate surface area is 387 Å². The molecule has 0 fully saturated rings. The molecule has 1 heterocycles. The fourth-order valence-corrected chi connectivity index (χ4v) is 7.22. The number of hydrogen-bond acceptors (Lipinski definition) is 16. The van der Waals surface area contributed by atoms with Crippen molar-refractivity contribution in [3.05, 3.63) is 95.3 Å². The van der Waals surface area contributed by atoms with Crippen LogP contribution in [0.15, 0.2) is 109 Å². The maximum absolute atomic E-state index is 14.0. The van der Waals surface area contributed by atoms with E-state index in [4.69, 9.17) is 11.6 Å². The van der Waals surface area contributed by atoms with E-state index in [1.807, 2.05) is 0 Å². The van der Waals surface area contributed by atoms with Gasteiger partial charge in [-0.15, -0.1) is 10.2 Å². The van der Waals surface area contributed by atoms with Crippen LogP contribution >= 0.6 is 11.6 Å². The predicted molar refractivity (Wildman–Crippen MR) is 180 cm³/mol. The summed E-state index contributed by atoms with van der Waals surface area (Å²) in [5.74, 6) is -3.03. The molecular formula is C30H17ClN7Na3O12S3. The van der Waals surface area contributed by atoms with Crippen LogP contribution in [0.25, 0.3) is 21.5 Å². The number of carbonyl (C=O) groups excluding carboxylic acids is 1. The number of hydrogen-bond donors (Lipinski definition) is 4. The van der Waals surface area contributed by atoms with Crippen molar-refractivity contribution in [1.29, 1.82) is 0 Å². The number of halogens is 1. The third-order valence-corrected chi connectivity index (χ3v) is 10.1. The van der Waals surface area contributed by atoms with Gasteiger partial charge in [0, 0.05) is 16.5 Å². The zero-order chi connectivity index (χ0) is 38.5. The van der Waals surface area contributed by atoms with E-state index in [9.17, 15) is 53.9 Å². The van der Waals surface area contributed by atoms with Gasteiger partial charge < -0.3 is 24.9 Å². The van der Waals surface area contributed by atoms with E-state index in [0.29, 0.717) is 23.6 Å². The van der Waals surface area contributed by atoms with Gasteiger partial charge in [-0.3, -0.25) is 14.1 Å². The van der Waals surface area contributed by atoms with Gasteiger partial charge in [-0.05, 0) is 64.3 Å². The summed E-state index contributed by atoms with van der Waals surface area (Å²) in [4.78, 5) is 22.7. The third-order valence-electron chi connectivity index (χ3n) is 7.26. The minimum absolute atomic E-state index is 0. The molecule has 6 rings (SSSR count). The number of aromatic amines is 1. The molecule has 0 spiro atoms. The molecule has 0 bridgehead atoms. The van der Waals surface area contributed by atoms with Crippen LogP contribution in [0.2, 0.25) is 5.28 Å².